The Hall–Kier alpha value is -4.28. The lowest BCUT2D eigenvalue weighted by Crippen LogP contribution is -2.59. The Morgan fingerprint density at radius 1 is 1.02 bits per heavy atom. The number of benzene rings is 2. The first-order valence-electron chi connectivity index (χ1n) is 13.8. The van der Waals surface area contributed by atoms with E-state index >= 15 is 0 Å². The fraction of sp³-hybridized carbons (Fsp3) is 0.484. The fourth-order valence-corrected chi connectivity index (χ4v) is 4.29. The number of para-hydroxylation sites is 1. The van der Waals surface area contributed by atoms with E-state index in [1.807, 2.05) is 6.92 Å². The quantitative estimate of drug-likeness (QED) is 0.284. The molecule has 0 fully saturated rings. The van der Waals surface area contributed by atoms with Crippen LogP contribution >= 0.6 is 0 Å². The van der Waals surface area contributed by atoms with Crippen molar-refractivity contribution in [2.45, 2.75) is 91.0 Å². The number of hydrogen-bond acceptors (Lipinski definition) is 7. The summed E-state index contributed by atoms with van der Waals surface area (Å²) in [4.78, 5) is 54.4. The van der Waals surface area contributed by atoms with E-state index in [0.29, 0.717) is 23.4 Å². The number of carbonyl (C=O) groups is 4. The number of nitrogens with one attached hydrogen (secondary N) is 2. The summed E-state index contributed by atoms with van der Waals surface area (Å²) in [7, 11) is 1.53. The molecule has 0 heterocycles. The Labute approximate surface area is 247 Å². The lowest BCUT2D eigenvalue weighted by Gasteiger charge is -2.44. The number of carbonyl (C=O) groups excluding carboxylic acids is 4. The van der Waals surface area contributed by atoms with E-state index in [2.05, 4.69) is 10.6 Å². The van der Waals surface area contributed by atoms with Crippen LogP contribution in [0.1, 0.15) is 78.0 Å². The highest BCUT2D eigenvalue weighted by molar-refractivity contribution is 5.99. The van der Waals surface area contributed by atoms with Gasteiger partial charge in [-0.05, 0) is 84.2 Å². The third-order valence-corrected chi connectivity index (χ3v) is 6.85. The number of rotatable bonds is 12. The molecule has 0 aliphatic heterocycles. The van der Waals surface area contributed by atoms with Gasteiger partial charge in [0, 0.05) is 23.2 Å². The van der Waals surface area contributed by atoms with Crippen LogP contribution < -0.4 is 21.1 Å². The number of primary amides is 1. The molecule has 0 aliphatic rings. The number of phenolic OH excluding ortho intramolecular Hbond substituents is 1. The van der Waals surface area contributed by atoms with E-state index in [1.54, 1.807) is 84.0 Å². The number of aromatic hydroxyl groups is 1. The van der Waals surface area contributed by atoms with Gasteiger partial charge in [0.25, 0.3) is 5.91 Å². The summed E-state index contributed by atoms with van der Waals surface area (Å²) in [6.07, 6.45) is -0.786. The average Bonchev–Trinajstić information content (AvgIpc) is 2.90. The second-order valence-electron chi connectivity index (χ2n) is 11.7. The van der Waals surface area contributed by atoms with Crippen LogP contribution in [0.25, 0.3) is 0 Å². The zero-order valence-electron chi connectivity index (χ0n) is 25.7. The summed E-state index contributed by atoms with van der Waals surface area (Å²) in [6, 6.07) is 9.02. The minimum absolute atomic E-state index is 0.129. The Morgan fingerprint density at radius 3 is 2.17 bits per heavy atom. The highest BCUT2D eigenvalue weighted by Crippen LogP contribution is 2.38. The van der Waals surface area contributed by atoms with E-state index in [-0.39, 0.29) is 24.2 Å². The van der Waals surface area contributed by atoms with Crippen LogP contribution in [0.2, 0.25) is 0 Å². The third kappa shape index (κ3) is 9.12. The van der Waals surface area contributed by atoms with Gasteiger partial charge in [-0.3, -0.25) is 14.4 Å². The summed E-state index contributed by atoms with van der Waals surface area (Å²) in [5.74, 6) is -1.46. The molecular formula is C31H44N4O7. The Balaban J connectivity index is 2.69. The molecule has 0 aromatic heterocycles. The maximum atomic E-state index is 14.4. The molecule has 0 spiro atoms. The molecule has 2 aromatic carbocycles. The van der Waals surface area contributed by atoms with Crippen molar-refractivity contribution in [1.82, 2.24) is 10.2 Å². The molecule has 0 saturated heterocycles. The molecule has 2 atom stereocenters. The van der Waals surface area contributed by atoms with Crippen molar-refractivity contribution in [1.29, 1.82) is 0 Å². The number of ether oxygens (including phenoxy) is 2. The van der Waals surface area contributed by atoms with Crippen LogP contribution in [0.5, 0.6) is 11.5 Å². The van der Waals surface area contributed by atoms with Gasteiger partial charge in [-0.25, -0.2) is 4.79 Å². The van der Waals surface area contributed by atoms with Gasteiger partial charge in [0.15, 0.2) is 0 Å². The second-order valence-corrected chi connectivity index (χ2v) is 11.7. The van der Waals surface area contributed by atoms with Crippen molar-refractivity contribution < 1.29 is 33.8 Å². The van der Waals surface area contributed by atoms with Crippen molar-refractivity contribution in [2.75, 3.05) is 12.4 Å². The van der Waals surface area contributed by atoms with E-state index in [0.717, 1.165) is 0 Å². The van der Waals surface area contributed by atoms with E-state index in [4.69, 9.17) is 15.2 Å². The summed E-state index contributed by atoms with van der Waals surface area (Å²) < 4.78 is 10.6. The molecule has 0 radical (unpaired) electrons. The number of alkyl carbamates (subject to hydrolysis) is 1. The predicted molar refractivity (Wildman–Crippen MR) is 160 cm³/mol. The minimum Gasteiger partial charge on any atom is -0.507 e. The van der Waals surface area contributed by atoms with Crippen molar-refractivity contribution in [3.63, 3.8) is 0 Å². The van der Waals surface area contributed by atoms with Crippen LogP contribution in [-0.2, 0) is 19.1 Å². The maximum Gasteiger partial charge on any atom is 0.408 e. The van der Waals surface area contributed by atoms with Crippen LogP contribution in [-0.4, -0.2) is 58.1 Å². The largest absolute Gasteiger partial charge is 0.507 e. The third-order valence-electron chi connectivity index (χ3n) is 6.85. The summed E-state index contributed by atoms with van der Waals surface area (Å²) >= 11 is 0. The topological polar surface area (TPSA) is 160 Å². The van der Waals surface area contributed by atoms with Crippen LogP contribution in [0, 0.1) is 6.92 Å². The molecule has 0 saturated carbocycles. The lowest BCUT2D eigenvalue weighted by atomic mass is 9.90. The number of hydrogen-bond donors (Lipinski definition) is 4. The first-order chi connectivity index (χ1) is 19.5. The molecule has 11 nitrogen and oxygen atoms in total. The van der Waals surface area contributed by atoms with Gasteiger partial charge in [0.1, 0.15) is 29.2 Å². The Morgan fingerprint density at radius 2 is 1.64 bits per heavy atom. The van der Waals surface area contributed by atoms with Gasteiger partial charge < -0.3 is 35.8 Å². The number of nitrogens with two attached hydrogens (primary N) is 1. The molecule has 0 bridgehead atoms. The smallest absolute Gasteiger partial charge is 0.408 e. The number of methoxy groups -OCH3 is 1. The monoisotopic (exact) mass is 584 g/mol. The van der Waals surface area contributed by atoms with Gasteiger partial charge in [-0.15, -0.1) is 0 Å². The van der Waals surface area contributed by atoms with Crippen LogP contribution in [0.15, 0.2) is 42.5 Å². The Kier molecular flexibility index (Phi) is 11.4. The van der Waals surface area contributed by atoms with Gasteiger partial charge in [0.05, 0.1) is 7.11 Å². The molecule has 0 aliphatic carbocycles. The number of amides is 4. The number of aryl methyl sites for hydroxylation is 1. The SMILES string of the molecule is CCC(C)(C)N(C(=O)C(CCC(N)=O)NC(=O)OC(C)(C)C)C(C(=O)Nc1ccc(OC)cc1)c1cccc(C)c1O. The highest BCUT2D eigenvalue weighted by atomic mass is 16.6. The predicted octanol–water partition coefficient (Wildman–Crippen LogP) is 4.57. The first-order valence-corrected chi connectivity index (χ1v) is 13.8. The van der Waals surface area contributed by atoms with Crippen molar-refractivity contribution in [2.24, 2.45) is 5.73 Å². The summed E-state index contributed by atoms with van der Waals surface area (Å²) in [5.41, 5.74) is 4.72. The number of nitrogens with zero attached hydrogens (tertiary/aromatic N) is 1. The number of anilines is 1. The van der Waals surface area contributed by atoms with E-state index in [1.165, 1.54) is 12.0 Å². The molecule has 230 valence electrons. The van der Waals surface area contributed by atoms with Gasteiger partial charge in [0.2, 0.25) is 11.8 Å². The Bertz CT molecular complexity index is 1270. The highest BCUT2D eigenvalue weighted by Gasteiger charge is 2.44. The van der Waals surface area contributed by atoms with Gasteiger partial charge >= 0.3 is 6.09 Å². The molecule has 4 amide bonds. The zero-order chi connectivity index (χ0) is 31.8. The van der Waals surface area contributed by atoms with E-state index < -0.39 is 47.0 Å². The molecule has 2 rings (SSSR count). The molecule has 42 heavy (non-hydrogen) atoms. The molecular weight excluding hydrogens is 540 g/mol. The average molecular weight is 585 g/mol. The first kappa shape index (κ1) is 33.9. The molecule has 5 N–H and O–H groups in total. The van der Waals surface area contributed by atoms with Crippen LogP contribution in [0.4, 0.5) is 10.5 Å². The molecule has 2 aromatic rings. The fourth-order valence-electron chi connectivity index (χ4n) is 4.29. The van der Waals surface area contributed by atoms with Crippen molar-refractivity contribution in [3.8, 4) is 11.5 Å². The molecule has 11 heteroatoms. The van der Waals surface area contributed by atoms with Crippen LogP contribution in [0.3, 0.4) is 0 Å². The minimum atomic E-state index is -1.33. The normalized spacial score (nSPS) is 13.0. The standard InChI is InChI=1S/C31H44N4O7/c1-9-31(6,7)35(28(39)23(17-18-24(32)36)34-29(40)42-30(3,4)5)25(22-12-10-11-19(2)26(22)37)27(38)33-20-13-15-21(41-8)16-14-20/h10-16,23,25,37H,9,17-18H2,1-8H3,(H2,32,36)(H,33,38)(H,34,40). The van der Waals surface area contributed by atoms with Crippen molar-refractivity contribution in [3.05, 3.63) is 53.6 Å². The lowest BCUT2D eigenvalue weighted by molar-refractivity contribution is -0.148. The summed E-state index contributed by atoms with van der Waals surface area (Å²) in [5, 5.41) is 16.5. The zero-order valence-corrected chi connectivity index (χ0v) is 25.7. The van der Waals surface area contributed by atoms with Crippen molar-refractivity contribution >= 4 is 29.5 Å². The molecule has 2 unspecified atom stereocenters. The maximum absolute atomic E-state index is 14.4. The van der Waals surface area contributed by atoms with Gasteiger partial charge in [-0.2, -0.15) is 0 Å². The van der Waals surface area contributed by atoms with E-state index in [9.17, 15) is 24.3 Å². The second kappa shape index (κ2) is 14.1. The number of phenols is 1. The van der Waals surface area contributed by atoms with Gasteiger partial charge in [-0.1, -0.05) is 25.1 Å². The summed E-state index contributed by atoms with van der Waals surface area (Å²) in [6.45, 7) is 12.1.